The highest BCUT2D eigenvalue weighted by atomic mass is 32.2. The molecule has 0 amide bonds. The van der Waals surface area contributed by atoms with E-state index in [1.165, 1.54) is 6.07 Å². The fourth-order valence-electron chi connectivity index (χ4n) is 4.43. The first-order valence-corrected chi connectivity index (χ1v) is 12.1. The standard InChI is InChI=1S/C22H25F3N2O4S/c23-22(24,25)21(28)31-17(14-27-12-4-8-19(27)16-10-11-16)13-26-32(29,30)20-9-3-6-15-5-1-2-7-18(15)20/h1-3,5-7,9,16-17,19,26H,4,8,10-14H2/t17-,19?/m0/s1. The van der Waals surface area contributed by atoms with Gasteiger partial charge in [-0.15, -0.1) is 0 Å². The molecule has 0 aromatic heterocycles. The lowest BCUT2D eigenvalue weighted by Gasteiger charge is -2.29. The van der Waals surface area contributed by atoms with Gasteiger partial charge in [-0.3, -0.25) is 4.90 Å². The quantitative estimate of drug-likeness (QED) is 0.598. The highest BCUT2D eigenvalue weighted by Gasteiger charge is 2.44. The van der Waals surface area contributed by atoms with E-state index in [9.17, 15) is 26.4 Å². The molecule has 10 heteroatoms. The van der Waals surface area contributed by atoms with Gasteiger partial charge in [-0.05, 0) is 49.6 Å². The summed E-state index contributed by atoms with van der Waals surface area (Å²) >= 11 is 0. The molecule has 0 radical (unpaired) electrons. The number of esters is 1. The summed E-state index contributed by atoms with van der Waals surface area (Å²) in [5.41, 5.74) is 0. The number of sulfonamides is 1. The van der Waals surface area contributed by atoms with Gasteiger partial charge < -0.3 is 4.74 Å². The van der Waals surface area contributed by atoms with Gasteiger partial charge in [0.2, 0.25) is 10.0 Å². The molecular formula is C22H25F3N2O4S. The largest absolute Gasteiger partial charge is 0.490 e. The van der Waals surface area contributed by atoms with E-state index in [1.807, 2.05) is 4.90 Å². The number of nitrogens with zero attached hydrogens (tertiary/aromatic N) is 1. The van der Waals surface area contributed by atoms with Crippen LogP contribution in [-0.4, -0.2) is 57.2 Å². The molecule has 2 fully saturated rings. The van der Waals surface area contributed by atoms with Crippen LogP contribution in [0.4, 0.5) is 13.2 Å². The molecule has 2 aromatic rings. The Hall–Kier alpha value is -2.17. The Morgan fingerprint density at radius 3 is 2.56 bits per heavy atom. The number of nitrogens with one attached hydrogen (secondary N) is 1. The van der Waals surface area contributed by atoms with Crippen molar-refractivity contribution in [1.29, 1.82) is 0 Å². The smallest absolute Gasteiger partial charge is 0.453 e. The van der Waals surface area contributed by atoms with Crippen LogP contribution in [0.15, 0.2) is 47.4 Å². The molecule has 2 aromatic carbocycles. The van der Waals surface area contributed by atoms with Crippen molar-refractivity contribution in [2.45, 2.75) is 48.9 Å². The van der Waals surface area contributed by atoms with Crippen LogP contribution in [0.5, 0.6) is 0 Å². The van der Waals surface area contributed by atoms with E-state index in [0.717, 1.165) is 31.1 Å². The zero-order valence-corrected chi connectivity index (χ0v) is 18.2. The lowest BCUT2D eigenvalue weighted by molar-refractivity contribution is -0.205. The van der Waals surface area contributed by atoms with E-state index in [-0.39, 0.29) is 17.5 Å². The first kappa shape index (κ1) is 23.0. The lowest BCUT2D eigenvalue weighted by Crippen LogP contribution is -2.46. The van der Waals surface area contributed by atoms with Crippen molar-refractivity contribution in [3.63, 3.8) is 0 Å². The van der Waals surface area contributed by atoms with Crippen LogP contribution in [0.2, 0.25) is 0 Å². The van der Waals surface area contributed by atoms with Gasteiger partial charge in [-0.25, -0.2) is 17.9 Å². The molecule has 32 heavy (non-hydrogen) atoms. The summed E-state index contributed by atoms with van der Waals surface area (Å²) in [7, 11) is -4.05. The second-order valence-electron chi connectivity index (χ2n) is 8.40. The Morgan fingerprint density at radius 1 is 1.12 bits per heavy atom. The van der Waals surface area contributed by atoms with Gasteiger partial charge in [0.25, 0.3) is 0 Å². The van der Waals surface area contributed by atoms with Gasteiger partial charge in [0.05, 0.1) is 4.90 Å². The molecule has 0 spiro atoms. The zero-order chi connectivity index (χ0) is 22.9. The van der Waals surface area contributed by atoms with Gasteiger partial charge >= 0.3 is 12.1 Å². The van der Waals surface area contributed by atoms with E-state index in [4.69, 9.17) is 4.74 Å². The highest BCUT2D eigenvalue weighted by Crippen LogP contribution is 2.40. The molecule has 2 aliphatic rings. The maximum atomic E-state index is 13.0. The third-order valence-electron chi connectivity index (χ3n) is 6.06. The number of fused-ring (bicyclic) bond motifs is 1. The van der Waals surface area contributed by atoms with Gasteiger partial charge in [-0.1, -0.05) is 36.4 Å². The predicted octanol–water partition coefficient (Wildman–Crippen LogP) is 3.47. The van der Waals surface area contributed by atoms with Crippen LogP contribution in [0.3, 0.4) is 0 Å². The van der Waals surface area contributed by atoms with Gasteiger partial charge in [-0.2, -0.15) is 13.2 Å². The molecule has 1 saturated heterocycles. The molecule has 6 nitrogen and oxygen atoms in total. The average Bonchev–Trinajstić information content (AvgIpc) is 3.49. The van der Waals surface area contributed by atoms with Gasteiger partial charge in [0, 0.05) is 24.5 Å². The van der Waals surface area contributed by atoms with Crippen molar-refractivity contribution in [2.75, 3.05) is 19.6 Å². The third kappa shape index (κ3) is 5.24. The number of hydrogen-bond donors (Lipinski definition) is 1. The maximum Gasteiger partial charge on any atom is 0.490 e. The number of ether oxygens (including phenoxy) is 1. The first-order valence-electron chi connectivity index (χ1n) is 10.6. The Labute approximate surface area is 184 Å². The summed E-state index contributed by atoms with van der Waals surface area (Å²) in [5.74, 6) is -1.79. The summed E-state index contributed by atoms with van der Waals surface area (Å²) in [4.78, 5) is 13.6. The topological polar surface area (TPSA) is 75.7 Å². The molecule has 4 rings (SSSR count). The summed E-state index contributed by atoms with van der Waals surface area (Å²) in [6, 6.07) is 12.0. The van der Waals surface area contributed by atoms with Gasteiger partial charge in [0.15, 0.2) is 0 Å². The van der Waals surface area contributed by atoms with Crippen LogP contribution in [0, 0.1) is 5.92 Å². The highest BCUT2D eigenvalue weighted by molar-refractivity contribution is 7.89. The van der Waals surface area contributed by atoms with Crippen LogP contribution < -0.4 is 4.72 Å². The van der Waals surface area contributed by atoms with Crippen molar-refractivity contribution < 1.29 is 31.1 Å². The minimum atomic E-state index is -5.15. The Bertz CT molecular complexity index is 1080. The van der Waals surface area contributed by atoms with Crippen LogP contribution in [-0.2, 0) is 19.6 Å². The second kappa shape index (κ2) is 8.99. The van der Waals surface area contributed by atoms with E-state index in [1.54, 1.807) is 36.4 Å². The van der Waals surface area contributed by atoms with Crippen molar-refractivity contribution in [1.82, 2.24) is 9.62 Å². The molecule has 1 N–H and O–H groups in total. The van der Waals surface area contributed by atoms with Crippen molar-refractivity contribution in [3.8, 4) is 0 Å². The minimum Gasteiger partial charge on any atom is -0.453 e. The number of likely N-dealkylation sites (tertiary alicyclic amines) is 1. The van der Waals surface area contributed by atoms with Gasteiger partial charge in [0.1, 0.15) is 6.10 Å². The number of benzene rings is 2. The third-order valence-corrected chi connectivity index (χ3v) is 7.55. The van der Waals surface area contributed by atoms with Crippen LogP contribution in [0.25, 0.3) is 10.8 Å². The Kier molecular flexibility index (Phi) is 6.46. The molecule has 1 heterocycles. The zero-order valence-electron chi connectivity index (χ0n) is 17.3. The minimum absolute atomic E-state index is 0.0218. The average molecular weight is 471 g/mol. The van der Waals surface area contributed by atoms with Crippen LogP contribution in [0.1, 0.15) is 25.7 Å². The number of hydrogen-bond acceptors (Lipinski definition) is 5. The predicted molar refractivity (Wildman–Crippen MR) is 112 cm³/mol. The van der Waals surface area contributed by atoms with Crippen molar-refractivity contribution >= 4 is 26.8 Å². The van der Waals surface area contributed by atoms with E-state index >= 15 is 0 Å². The normalized spacial score (nSPS) is 21.0. The Balaban J connectivity index is 1.51. The fraction of sp³-hybridized carbons (Fsp3) is 0.500. The lowest BCUT2D eigenvalue weighted by atomic mass is 10.1. The number of carbonyl (C=O) groups is 1. The Morgan fingerprint density at radius 2 is 1.84 bits per heavy atom. The molecular weight excluding hydrogens is 445 g/mol. The van der Waals surface area contributed by atoms with E-state index in [2.05, 4.69) is 4.72 Å². The molecule has 1 saturated carbocycles. The molecule has 2 atom stereocenters. The van der Waals surface area contributed by atoms with Crippen molar-refractivity contribution in [2.24, 2.45) is 5.92 Å². The molecule has 1 aliphatic carbocycles. The summed E-state index contributed by atoms with van der Waals surface area (Å²) in [6.07, 6.45) is -2.36. The summed E-state index contributed by atoms with van der Waals surface area (Å²) in [5, 5.41) is 1.22. The number of halogens is 3. The number of alkyl halides is 3. The number of carbonyl (C=O) groups excluding carboxylic acids is 1. The molecule has 0 bridgehead atoms. The van der Waals surface area contributed by atoms with E-state index < -0.39 is 34.8 Å². The monoisotopic (exact) mass is 470 g/mol. The summed E-state index contributed by atoms with van der Waals surface area (Å²) < 4.78 is 71.5. The van der Waals surface area contributed by atoms with Crippen molar-refractivity contribution in [3.05, 3.63) is 42.5 Å². The second-order valence-corrected chi connectivity index (χ2v) is 10.1. The molecule has 1 unspecified atom stereocenters. The fourth-order valence-corrected chi connectivity index (χ4v) is 5.72. The molecule has 1 aliphatic heterocycles. The van der Waals surface area contributed by atoms with E-state index in [0.29, 0.717) is 17.8 Å². The molecule has 174 valence electrons. The maximum absolute atomic E-state index is 13.0. The van der Waals surface area contributed by atoms with Crippen LogP contribution >= 0.6 is 0 Å². The SMILES string of the molecule is O=C(O[C@@H](CNS(=O)(=O)c1cccc2ccccc12)CN1CCCC1C1CC1)C(F)(F)F. The number of rotatable bonds is 8. The first-order chi connectivity index (χ1) is 15.1. The summed E-state index contributed by atoms with van der Waals surface area (Å²) in [6.45, 7) is 0.305.